The highest BCUT2D eigenvalue weighted by molar-refractivity contribution is 6.10. The van der Waals surface area contributed by atoms with Crippen LogP contribution in [0.2, 0.25) is 0 Å². The zero-order valence-corrected chi connectivity index (χ0v) is 19.2. The molecule has 0 unspecified atom stereocenters. The average molecular weight is 469 g/mol. The van der Waals surface area contributed by atoms with Crippen LogP contribution in [0.3, 0.4) is 0 Å². The topological polar surface area (TPSA) is 118 Å². The third kappa shape index (κ3) is 7.04. The van der Waals surface area contributed by atoms with E-state index >= 15 is 0 Å². The molecule has 3 rings (SSSR count). The van der Waals surface area contributed by atoms with Crippen molar-refractivity contribution in [1.82, 2.24) is 0 Å². The number of aryl methyl sites for hydroxylation is 1. The van der Waals surface area contributed by atoms with E-state index in [2.05, 4.69) is 10.6 Å². The molecule has 0 saturated carbocycles. The number of hydrogen-bond donors (Lipinski definition) is 2. The lowest BCUT2D eigenvalue weighted by Gasteiger charge is -2.09. The molecule has 0 bridgehead atoms. The summed E-state index contributed by atoms with van der Waals surface area (Å²) in [5, 5.41) is 14.7. The highest BCUT2D eigenvalue weighted by Gasteiger charge is 2.13. The number of nitriles is 1. The predicted octanol–water partition coefficient (Wildman–Crippen LogP) is 4.34. The first-order chi connectivity index (χ1) is 16.9. The van der Waals surface area contributed by atoms with E-state index in [4.69, 9.17) is 9.47 Å². The van der Waals surface area contributed by atoms with E-state index in [-0.39, 0.29) is 11.1 Å². The molecule has 0 heterocycles. The predicted molar refractivity (Wildman–Crippen MR) is 132 cm³/mol. The van der Waals surface area contributed by atoms with Gasteiger partial charge in [0.1, 0.15) is 17.4 Å². The lowest BCUT2D eigenvalue weighted by atomic mass is 10.1. The molecule has 0 aliphatic rings. The van der Waals surface area contributed by atoms with Crippen LogP contribution in [0.15, 0.2) is 78.4 Å². The van der Waals surface area contributed by atoms with E-state index in [1.807, 2.05) is 25.1 Å². The number of carbonyl (C=O) groups is 3. The fraction of sp³-hybridized carbons (Fsp3) is 0.111. The number of ether oxygens (including phenoxy) is 2. The summed E-state index contributed by atoms with van der Waals surface area (Å²) >= 11 is 0. The van der Waals surface area contributed by atoms with Crippen molar-refractivity contribution in [3.8, 4) is 11.8 Å². The van der Waals surface area contributed by atoms with Crippen LogP contribution in [0, 0.1) is 18.3 Å². The minimum Gasteiger partial charge on any atom is -0.495 e. The van der Waals surface area contributed by atoms with Gasteiger partial charge in [-0.15, -0.1) is 0 Å². The summed E-state index contributed by atoms with van der Waals surface area (Å²) in [6, 6.07) is 22.1. The summed E-state index contributed by atoms with van der Waals surface area (Å²) in [5.74, 6) is -1.26. The summed E-state index contributed by atoms with van der Waals surface area (Å²) in [5.41, 5.74) is 2.74. The highest BCUT2D eigenvalue weighted by atomic mass is 16.5. The number of rotatable bonds is 8. The largest absolute Gasteiger partial charge is 0.495 e. The maximum absolute atomic E-state index is 12.5. The van der Waals surface area contributed by atoms with Gasteiger partial charge in [-0.25, -0.2) is 4.79 Å². The monoisotopic (exact) mass is 469 g/mol. The van der Waals surface area contributed by atoms with E-state index in [9.17, 15) is 19.6 Å². The van der Waals surface area contributed by atoms with Crippen LogP contribution >= 0.6 is 0 Å². The molecule has 2 N–H and O–H groups in total. The number of benzene rings is 3. The van der Waals surface area contributed by atoms with E-state index in [0.717, 1.165) is 5.56 Å². The van der Waals surface area contributed by atoms with Crippen LogP contribution in [-0.2, 0) is 14.3 Å². The first-order valence-electron chi connectivity index (χ1n) is 10.6. The number of esters is 1. The van der Waals surface area contributed by atoms with Crippen molar-refractivity contribution in [2.45, 2.75) is 6.92 Å². The van der Waals surface area contributed by atoms with E-state index < -0.39 is 24.4 Å². The van der Waals surface area contributed by atoms with Crippen LogP contribution in [0.1, 0.15) is 21.5 Å². The molecule has 0 fully saturated rings. The third-order valence-corrected chi connectivity index (χ3v) is 4.85. The molecule has 0 aromatic heterocycles. The van der Waals surface area contributed by atoms with E-state index in [1.165, 1.54) is 25.3 Å². The molecule has 0 aliphatic heterocycles. The molecule has 0 atom stereocenters. The summed E-state index contributed by atoms with van der Waals surface area (Å²) < 4.78 is 10.3. The molecule has 8 heteroatoms. The molecule has 8 nitrogen and oxygen atoms in total. The summed E-state index contributed by atoms with van der Waals surface area (Å²) in [7, 11) is 1.48. The number of para-hydroxylation sites is 2. The van der Waals surface area contributed by atoms with E-state index in [1.54, 1.807) is 48.5 Å². The van der Waals surface area contributed by atoms with Crippen LogP contribution in [0.4, 0.5) is 11.4 Å². The number of hydrogen-bond acceptors (Lipinski definition) is 6. The van der Waals surface area contributed by atoms with Crippen LogP contribution < -0.4 is 15.4 Å². The highest BCUT2D eigenvalue weighted by Crippen LogP contribution is 2.23. The van der Waals surface area contributed by atoms with Crippen molar-refractivity contribution < 1.29 is 23.9 Å². The first-order valence-corrected chi connectivity index (χ1v) is 10.6. The molecule has 2 amide bonds. The molecule has 0 radical (unpaired) electrons. The second kappa shape index (κ2) is 11.8. The van der Waals surface area contributed by atoms with Crippen molar-refractivity contribution in [3.05, 3.63) is 95.1 Å². The standard InChI is InChI=1S/C27H23N3O5/c1-18-7-13-22(14-8-18)29-25(31)17-35-27(33)20-11-9-19(10-12-20)15-21(16-28)26(32)30-23-5-3-4-6-24(23)34-2/h3-15H,17H2,1-2H3,(H,29,31)(H,30,32)/b21-15-. The minimum absolute atomic E-state index is 0.126. The van der Waals surface area contributed by atoms with Crippen LogP contribution in [0.25, 0.3) is 6.08 Å². The molecule has 35 heavy (non-hydrogen) atoms. The fourth-order valence-corrected chi connectivity index (χ4v) is 3.02. The number of nitrogens with zero attached hydrogens (tertiary/aromatic N) is 1. The van der Waals surface area contributed by atoms with Gasteiger partial charge in [-0.2, -0.15) is 5.26 Å². The molecule has 0 aliphatic carbocycles. The van der Waals surface area contributed by atoms with Crippen molar-refractivity contribution >= 4 is 35.2 Å². The van der Waals surface area contributed by atoms with Crippen molar-refractivity contribution in [3.63, 3.8) is 0 Å². The molecule has 3 aromatic carbocycles. The Kier molecular flexibility index (Phi) is 8.35. The Morgan fingerprint density at radius 3 is 2.29 bits per heavy atom. The van der Waals surface area contributed by atoms with Crippen molar-refractivity contribution in [2.24, 2.45) is 0 Å². The average Bonchev–Trinajstić information content (AvgIpc) is 2.87. The fourth-order valence-electron chi connectivity index (χ4n) is 3.02. The third-order valence-electron chi connectivity index (χ3n) is 4.85. The zero-order chi connectivity index (χ0) is 25.2. The van der Waals surface area contributed by atoms with Gasteiger partial charge >= 0.3 is 5.97 Å². The van der Waals surface area contributed by atoms with Crippen molar-refractivity contribution in [2.75, 3.05) is 24.4 Å². The molecular formula is C27H23N3O5. The van der Waals surface area contributed by atoms with Crippen LogP contribution in [0.5, 0.6) is 5.75 Å². The second-order valence-electron chi connectivity index (χ2n) is 7.44. The van der Waals surface area contributed by atoms with E-state index in [0.29, 0.717) is 22.7 Å². The Morgan fingerprint density at radius 2 is 1.63 bits per heavy atom. The molecule has 176 valence electrons. The van der Waals surface area contributed by atoms with Gasteiger partial charge in [-0.3, -0.25) is 9.59 Å². The first kappa shape index (κ1) is 24.7. The smallest absolute Gasteiger partial charge is 0.338 e. The number of nitrogens with one attached hydrogen (secondary N) is 2. The Morgan fingerprint density at radius 1 is 0.943 bits per heavy atom. The van der Waals surface area contributed by atoms with Crippen molar-refractivity contribution in [1.29, 1.82) is 5.26 Å². The lowest BCUT2D eigenvalue weighted by Crippen LogP contribution is -2.20. The Hall–Kier alpha value is -4.90. The SMILES string of the molecule is COc1ccccc1NC(=O)/C(C#N)=C\c1ccc(C(=O)OCC(=O)Nc2ccc(C)cc2)cc1. The Balaban J connectivity index is 1.58. The Bertz CT molecular complexity index is 1290. The van der Waals surface area contributed by atoms with Gasteiger partial charge in [0.2, 0.25) is 0 Å². The Labute approximate surface area is 202 Å². The number of methoxy groups -OCH3 is 1. The molecular weight excluding hydrogens is 446 g/mol. The van der Waals surface area contributed by atoms with Gasteiger partial charge in [0, 0.05) is 5.69 Å². The zero-order valence-electron chi connectivity index (χ0n) is 19.2. The van der Waals surface area contributed by atoms with Crippen LogP contribution in [-0.4, -0.2) is 31.5 Å². The normalized spacial score (nSPS) is 10.6. The second-order valence-corrected chi connectivity index (χ2v) is 7.44. The van der Waals surface area contributed by atoms with Gasteiger partial charge in [0.15, 0.2) is 6.61 Å². The summed E-state index contributed by atoms with van der Waals surface area (Å²) in [4.78, 5) is 36.8. The molecule has 0 saturated heterocycles. The lowest BCUT2D eigenvalue weighted by molar-refractivity contribution is -0.119. The van der Waals surface area contributed by atoms with Gasteiger partial charge in [-0.1, -0.05) is 42.0 Å². The number of carbonyl (C=O) groups excluding carboxylic acids is 3. The summed E-state index contributed by atoms with van der Waals surface area (Å²) in [6.45, 7) is 1.50. The number of anilines is 2. The van der Waals surface area contributed by atoms with Gasteiger partial charge in [0.05, 0.1) is 18.4 Å². The van der Waals surface area contributed by atoms with Gasteiger partial charge < -0.3 is 20.1 Å². The van der Waals surface area contributed by atoms with Gasteiger partial charge in [0.25, 0.3) is 11.8 Å². The quantitative estimate of drug-likeness (QED) is 0.288. The minimum atomic E-state index is -0.672. The molecule has 0 spiro atoms. The molecule has 3 aromatic rings. The van der Waals surface area contributed by atoms with Gasteiger partial charge in [-0.05, 0) is 55.0 Å². The maximum atomic E-state index is 12.5. The summed E-state index contributed by atoms with van der Waals surface area (Å²) in [6.07, 6.45) is 1.40. The number of amides is 2. The maximum Gasteiger partial charge on any atom is 0.338 e.